The minimum atomic E-state index is -0.0621. The lowest BCUT2D eigenvalue weighted by Crippen LogP contribution is -1.90. The molecule has 0 fully saturated rings. The Hall–Kier alpha value is -0.150. The van der Waals surface area contributed by atoms with Crippen LogP contribution in [-0.2, 0) is 6.42 Å². The van der Waals surface area contributed by atoms with E-state index in [1.165, 1.54) is 5.56 Å². The summed E-state index contributed by atoms with van der Waals surface area (Å²) in [5, 5.41) is 0.953. The minimum absolute atomic E-state index is 0.0621. The molecule has 0 saturated heterocycles. The zero-order chi connectivity index (χ0) is 8.97. The highest BCUT2D eigenvalue weighted by atomic mass is 79.9. The van der Waals surface area contributed by atoms with Crippen LogP contribution >= 0.6 is 31.9 Å². The van der Waals surface area contributed by atoms with Crippen molar-refractivity contribution in [2.24, 2.45) is 0 Å². The van der Waals surface area contributed by atoms with Crippen molar-refractivity contribution < 1.29 is 4.79 Å². The van der Waals surface area contributed by atoms with Gasteiger partial charge in [0.2, 0.25) is 4.69 Å². The molecular formula is C9H8Br2O. The van der Waals surface area contributed by atoms with Crippen molar-refractivity contribution in [3.05, 3.63) is 35.4 Å². The third-order valence-corrected chi connectivity index (χ3v) is 2.42. The van der Waals surface area contributed by atoms with Gasteiger partial charge in [-0.25, -0.2) is 0 Å². The van der Waals surface area contributed by atoms with E-state index in [4.69, 9.17) is 0 Å². The van der Waals surface area contributed by atoms with Crippen LogP contribution in [0.15, 0.2) is 24.3 Å². The molecular weight excluding hydrogens is 284 g/mol. The summed E-state index contributed by atoms with van der Waals surface area (Å²) >= 11 is 6.26. The second-order valence-corrected chi connectivity index (χ2v) is 3.92. The SMILES string of the molecule is O=C(Br)c1ccc(CCBr)cc1. The van der Waals surface area contributed by atoms with E-state index in [9.17, 15) is 4.79 Å². The monoisotopic (exact) mass is 290 g/mol. The normalized spacial score (nSPS) is 9.83. The number of alkyl halides is 1. The first-order valence-corrected chi connectivity index (χ1v) is 5.50. The zero-order valence-corrected chi connectivity index (χ0v) is 9.56. The number of hydrogen-bond acceptors (Lipinski definition) is 1. The first-order valence-electron chi connectivity index (χ1n) is 3.59. The Kier molecular flexibility index (Phi) is 3.95. The Morgan fingerprint density at radius 1 is 1.25 bits per heavy atom. The van der Waals surface area contributed by atoms with Gasteiger partial charge in [0.05, 0.1) is 0 Å². The fourth-order valence-electron chi connectivity index (χ4n) is 0.912. The second-order valence-electron chi connectivity index (χ2n) is 2.41. The molecule has 0 spiro atoms. The van der Waals surface area contributed by atoms with Crippen molar-refractivity contribution in [2.45, 2.75) is 6.42 Å². The van der Waals surface area contributed by atoms with Gasteiger partial charge < -0.3 is 0 Å². The van der Waals surface area contributed by atoms with Crippen molar-refractivity contribution in [3.8, 4) is 0 Å². The highest BCUT2D eigenvalue weighted by Crippen LogP contribution is 2.09. The van der Waals surface area contributed by atoms with Crippen LogP contribution in [0.2, 0.25) is 0 Å². The number of halogens is 2. The van der Waals surface area contributed by atoms with Gasteiger partial charge in [-0.1, -0.05) is 40.2 Å². The fraction of sp³-hybridized carbons (Fsp3) is 0.222. The van der Waals surface area contributed by atoms with Crippen LogP contribution in [-0.4, -0.2) is 10.0 Å². The molecule has 0 radical (unpaired) electrons. The molecule has 0 saturated carbocycles. The molecule has 0 N–H and O–H groups in total. The molecule has 0 aliphatic carbocycles. The third kappa shape index (κ3) is 2.72. The van der Waals surface area contributed by atoms with Crippen LogP contribution in [0.1, 0.15) is 15.9 Å². The molecule has 0 atom stereocenters. The zero-order valence-electron chi connectivity index (χ0n) is 6.39. The number of benzene rings is 1. The van der Waals surface area contributed by atoms with Crippen LogP contribution in [0.4, 0.5) is 0 Å². The highest BCUT2D eigenvalue weighted by molar-refractivity contribution is 9.18. The van der Waals surface area contributed by atoms with Gasteiger partial charge in [-0.05, 0) is 27.9 Å². The number of carbonyl (C=O) groups is 1. The Morgan fingerprint density at radius 2 is 1.83 bits per heavy atom. The molecule has 1 rings (SSSR count). The van der Waals surface area contributed by atoms with E-state index in [1.807, 2.05) is 24.3 Å². The molecule has 0 bridgehead atoms. The molecule has 64 valence electrons. The Morgan fingerprint density at radius 3 is 2.25 bits per heavy atom. The standard InChI is InChI=1S/C9H8Br2O/c10-6-5-7-1-3-8(4-2-7)9(11)12/h1-4H,5-6H2. The van der Waals surface area contributed by atoms with E-state index in [1.54, 1.807) is 0 Å². The second kappa shape index (κ2) is 4.77. The van der Waals surface area contributed by atoms with Gasteiger partial charge in [0, 0.05) is 10.9 Å². The summed E-state index contributed by atoms with van der Waals surface area (Å²) < 4.78 is -0.0621. The van der Waals surface area contributed by atoms with Crippen LogP contribution < -0.4 is 0 Å². The summed E-state index contributed by atoms with van der Waals surface area (Å²) in [7, 11) is 0. The summed E-state index contributed by atoms with van der Waals surface area (Å²) in [5.74, 6) is 0. The van der Waals surface area contributed by atoms with Gasteiger partial charge in [0.15, 0.2) is 0 Å². The van der Waals surface area contributed by atoms with E-state index < -0.39 is 0 Å². The minimum Gasteiger partial charge on any atom is -0.281 e. The fourth-order valence-corrected chi connectivity index (χ4v) is 1.63. The van der Waals surface area contributed by atoms with E-state index in [0.29, 0.717) is 5.56 Å². The number of carbonyl (C=O) groups excluding carboxylic acids is 1. The lowest BCUT2D eigenvalue weighted by molar-refractivity contribution is 0.109. The molecule has 0 aliphatic heterocycles. The van der Waals surface area contributed by atoms with Crippen LogP contribution in [0.3, 0.4) is 0 Å². The van der Waals surface area contributed by atoms with Crippen molar-refractivity contribution in [1.82, 2.24) is 0 Å². The first kappa shape index (κ1) is 9.93. The van der Waals surface area contributed by atoms with E-state index in [-0.39, 0.29) is 4.69 Å². The predicted octanol–water partition coefficient (Wildman–Crippen LogP) is 3.16. The number of rotatable bonds is 3. The molecule has 1 aromatic rings. The summed E-state index contributed by atoms with van der Waals surface area (Å²) in [6, 6.07) is 7.59. The summed E-state index contributed by atoms with van der Waals surface area (Å²) in [5.41, 5.74) is 1.94. The van der Waals surface area contributed by atoms with E-state index >= 15 is 0 Å². The molecule has 1 aromatic carbocycles. The van der Waals surface area contributed by atoms with Crippen LogP contribution in [0.25, 0.3) is 0 Å². The van der Waals surface area contributed by atoms with Crippen molar-refractivity contribution >= 4 is 36.6 Å². The van der Waals surface area contributed by atoms with Gasteiger partial charge >= 0.3 is 0 Å². The third-order valence-electron chi connectivity index (χ3n) is 1.56. The molecule has 12 heavy (non-hydrogen) atoms. The average molecular weight is 292 g/mol. The predicted molar refractivity (Wildman–Crippen MR) is 57.2 cm³/mol. The molecule has 0 amide bonds. The van der Waals surface area contributed by atoms with Gasteiger partial charge in [-0.3, -0.25) is 4.79 Å². The van der Waals surface area contributed by atoms with Gasteiger partial charge in [0.25, 0.3) is 0 Å². The maximum Gasteiger partial charge on any atom is 0.228 e. The van der Waals surface area contributed by atoms with Crippen molar-refractivity contribution in [3.63, 3.8) is 0 Å². The Balaban J connectivity index is 2.78. The summed E-state index contributed by atoms with van der Waals surface area (Å²) in [4.78, 5) is 10.8. The molecule has 1 nitrogen and oxygen atoms in total. The van der Waals surface area contributed by atoms with Crippen LogP contribution in [0, 0.1) is 0 Å². The Bertz CT molecular complexity index is 266. The lowest BCUT2D eigenvalue weighted by Gasteiger charge is -1.97. The van der Waals surface area contributed by atoms with Crippen LogP contribution in [0.5, 0.6) is 0 Å². The molecule has 0 heterocycles. The molecule has 0 unspecified atom stereocenters. The van der Waals surface area contributed by atoms with E-state index in [0.717, 1.165) is 11.8 Å². The van der Waals surface area contributed by atoms with Gasteiger partial charge in [-0.2, -0.15) is 0 Å². The molecule has 0 aliphatic rings. The largest absolute Gasteiger partial charge is 0.281 e. The lowest BCUT2D eigenvalue weighted by atomic mass is 10.1. The maximum atomic E-state index is 10.8. The topological polar surface area (TPSA) is 17.1 Å². The van der Waals surface area contributed by atoms with E-state index in [2.05, 4.69) is 31.9 Å². The molecule has 3 heteroatoms. The Labute approximate surface area is 88.4 Å². The first-order chi connectivity index (χ1) is 5.74. The van der Waals surface area contributed by atoms with Gasteiger partial charge in [-0.15, -0.1) is 0 Å². The maximum absolute atomic E-state index is 10.8. The molecule has 0 aromatic heterocycles. The number of hydrogen-bond donors (Lipinski definition) is 0. The highest BCUT2D eigenvalue weighted by Gasteiger charge is 1.99. The van der Waals surface area contributed by atoms with Crippen molar-refractivity contribution in [2.75, 3.05) is 5.33 Å². The average Bonchev–Trinajstić information content (AvgIpc) is 2.06. The van der Waals surface area contributed by atoms with Gasteiger partial charge in [0.1, 0.15) is 0 Å². The van der Waals surface area contributed by atoms with Crippen molar-refractivity contribution in [1.29, 1.82) is 0 Å². The summed E-state index contributed by atoms with van der Waals surface area (Å²) in [6.07, 6.45) is 0.997. The number of aryl methyl sites for hydroxylation is 1. The quantitative estimate of drug-likeness (QED) is 0.618. The summed E-state index contributed by atoms with van der Waals surface area (Å²) in [6.45, 7) is 0. The smallest absolute Gasteiger partial charge is 0.228 e.